The molecule has 1 amide bonds. The van der Waals surface area contributed by atoms with Crippen LogP contribution in [0.4, 0.5) is 5.69 Å². The van der Waals surface area contributed by atoms with Crippen molar-refractivity contribution in [3.05, 3.63) is 28.2 Å². The lowest BCUT2D eigenvalue weighted by atomic mass is 10.2. The van der Waals surface area contributed by atoms with Gasteiger partial charge in [0.05, 0.1) is 18.5 Å². The maximum absolute atomic E-state index is 12.0. The highest BCUT2D eigenvalue weighted by Gasteiger charge is 2.24. The molecule has 1 fully saturated rings. The van der Waals surface area contributed by atoms with Crippen molar-refractivity contribution in [3.63, 3.8) is 0 Å². The molecule has 1 aliphatic heterocycles. The van der Waals surface area contributed by atoms with Crippen LogP contribution in [-0.2, 0) is 19.6 Å². The molecule has 1 atom stereocenters. The normalized spacial score (nSPS) is 18.0. The molecule has 0 radical (unpaired) electrons. The Morgan fingerprint density at radius 1 is 1.35 bits per heavy atom. The Balaban J connectivity index is 2.03. The van der Waals surface area contributed by atoms with E-state index in [0.29, 0.717) is 28.8 Å². The number of halogens is 2. The molecule has 1 aliphatic rings. The zero-order chi connectivity index (χ0) is 17.0. The second-order valence-corrected chi connectivity index (χ2v) is 8.04. The van der Waals surface area contributed by atoms with Gasteiger partial charge in [0.2, 0.25) is 15.9 Å². The number of hydrogen-bond acceptors (Lipinski definition) is 4. The SMILES string of the molecule is CS(=O)(=O)N(CCNC(=O)C1CCCO1)c1cc(Cl)cc(Cl)c1. The van der Waals surface area contributed by atoms with Crippen LogP contribution in [0.2, 0.25) is 10.0 Å². The minimum absolute atomic E-state index is 0.0773. The van der Waals surface area contributed by atoms with Gasteiger partial charge in [-0.15, -0.1) is 0 Å². The van der Waals surface area contributed by atoms with Crippen molar-refractivity contribution in [1.82, 2.24) is 5.32 Å². The van der Waals surface area contributed by atoms with Crippen molar-refractivity contribution in [2.75, 3.05) is 30.3 Å². The number of nitrogens with zero attached hydrogens (tertiary/aromatic N) is 1. The first kappa shape index (κ1) is 18.3. The predicted octanol–water partition coefficient (Wildman–Crippen LogP) is 2.05. The molecule has 0 saturated carbocycles. The Morgan fingerprint density at radius 2 is 2.00 bits per heavy atom. The van der Waals surface area contributed by atoms with E-state index in [1.165, 1.54) is 18.2 Å². The third-order valence-electron chi connectivity index (χ3n) is 3.37. The van der Waals surface area contributed by atoms with Gasteiger partial charge < -0.3 is 10.1 Å². The average Bonchev–Trinajstić information content (AvgIpc) is 2.94. The summed E-state index contributed by atoms with van der Waals surface area (Å²) in [7, 11) is -3.53. The first-order valence-corrected chi connectivity index (χ1v) is 9.71. The van der Waals surface area contributed by atoms with Crippen molar-refractivity contribution < 1.29 is 17.9 Å². The average molecular weight is 381 g/mol. The van der Waals surface area contributed by atoms with Gasteiger partial charge in [-0.3, -0.25) is 9.10 Å². The molecule has 1 aromatic rings. The van der Waals surface area contributed by atoms with Gasteiger partial charge in [0.25, 0.3) is 0 Å². The summed E-state index contributed by atoms with van der Waals surface area (Å²) in [5.74, 6) is -0.222. The summed E-state index contributed by atoms with van der Waals surface area (Å²) in [5.41, 5.74) is 0.358. The molecule has 9 heteroatoms. The summed E-state index contributed by atoms with van der Waals surface area (Å²) in [6, 6.07) is 4.54. The number of carbonyl (C=O) groups is 1. The third kappa shape index (κ3) is 5.24. The number of rotatable bonds is 6. The van der Waals surface area contributed by atoms with E-state index in [1.807, 2.05) is 0 Å². The maximum Gasteiger partial charge on any atom is 0.249 e. The lowest BCUT2D eigenvalue weighted by Gasteiger charge is -2.23. The van der Waals surface area contributed by atoms with Crippen LogP contribution >= 0.6 is 23.2 Å². The Hall–Kier alpha value is -1.02. The van der Waals surface area contributed by atoms with E-state index < -0.39 is 16.1 Å². The summed E-state index contributed by atoms with van der Waals surface area (Å²) in [6.07, 6.45) is 2.19. The van der Waals surface area contributed by atoms with Gasteiger partial charge in [0, 0.05) is 23.2 Å². The number of amides is 1. The van der Waals surface area contributed by atoms with Crippen molar-refractivity contribution in [1.29, 1.82) is 0 Å². The molecule has 1 unspecified atom stereocenters. The number of ether oxygens (including phenoxy) is 1. The quantitative estimate of drug-likeness (QED) is 0.819. The van der Waals surface area contributed by atoms with Gasteiger partial charge in [-0.1, -0.05) is 23.2 Å². The summed E-state index contributed by atoms with van der Waals surface area (Å²) in [5, 5.41) is 3.37. The fourth-order valence-corrected chi connectivity index (χ4v) is 3.77. The zero-order valence-electron chi connectivity index (χ0n) is 12.6. The van der Waals surface area contributed by atoms with E-state index in [2.05, 4.69) is 5.32 Å². The highest BCUT2D eigenvalue weighted by molar-refractivity contribution is 7.92. The van der Waals surface area contributed by atoms with Crippen molar-refractivity contribution in [2.24, 2.45) is 0 Å². The summed E-state index contributed by atoms with van der Waals surface area (Å²) >= 11 is 11.8. The fraction of sp³-hybridized carbons (Fsp3) is 0.500. The van der Waals surface area contributed by atoms with Gasteiger partial charge in [0.15, 0.2) is 0 Å². The Kier molecular flexibility index (Phi) is 6.13. The highest BCUT2D eigenvalue weighted by atomic mass is 35.5. The van der Waals surface area contributed by atoms with Crippen LogP contribution in [0.5, 0.6) is 0 Å². The fourth-order valence-electron chi connectivity index (χ4n) is 2.35. The van der Waals surface area contributed by atoms with Gasteiger partial charge in [-0.05, 0) is 31.0 Å². The third-order valence-corrected chi connectivity index (χ3v) is 5.00. The highest BCUT2D eigenvalue weighted by Crippen LogP contribution is 2.26. The van der Waals surface area contributed by atoms with Crippen LogP contribution < -0.4 is 9.62 Å². The minimum Gasteiger partial charge on any atom is -0.368 e. The topological polar surface area (TPSA) is 75.7 Å². The number of carbonyl (C=O) groups excluding carboxylic acids is 1. The smallest absolute Gasteiger partial charge is 0.249 e. The number of benzene rings is 1. The maximum atomic E-state index is 12.0. The lowest BCUT2D eigenvalue weighted by Crippen LogP contribution is -2.41. The van der Waals surface area contributed by atoms with E-state index in [4.69, 9.17) is 27.9 Å². The number of nitrogens with one attached hydrogen (secondary N) is 1. The summed E-state index contributed by atoms with van der Waals surface area (Å²) in [4.78, 5) is 11.9. The van der Waals surface area contributed by atoms with Crippen LogP contribution in [-0.4, -0.2) is 46.4 Å². The monoisotopic (exact) mass is 380 g/mol. The van der Waals surface area contributed by atoms with E-state index in [-0.39, 0.29) is 19.0 Å². The second kappa shape index (κ2) is 7.70. The molecule has 0 bridgehead atoms. The molecular weight excluding hydrogens is 363 g/mol. The van der Waals surface area contributed by atoms with Crippen LogP contribution in [0.1, 0.15) is 12.8 Å². The molecule has 0 spiro atoms. The van der Waals surface area contributed by atoms with E-state index in [9.17, 15) is 13.2 Å². The van der Waals surface area contributed by atoms with Crippen molar-refractivity contribution in [2.45, 2.75) is 18.9 Å². The van der Waals surface area contributed by atoms with Crippen molar-refractivity contribution in [3.8, 4) is 0 Å². The lowest BCUT2D eigenvalue weighted by molar-refractivity contribution is -0.129. The first-order chi connectivity index (χ1) is 10.8. The largest absolute Gasteiger partial charge is 0.368 e. The number of sulfonamides is 1. The van der Waals surface area contributed by atoms with Gasteiger partial charge in [-0.2, -0.15) is 0 Å². The Bertz CT molecular complexity index is 655. The molecule has 2 rings (SSSR count). The molecule has 0 aromatic heterocycles. The molecule has 6 nitrogen and oxygen atoms in total. The van der Waals surface area contributed by atoms with E-state index in [0.717, 1.165) is 17.0 Å². The summed E-state index contributed by atoms with van der Waals surface area (Å²) < 4.78 is 30.4. The number of anilines is 1. The van der Waals surface area contributed by atoms with Crippen molar-refractivity contribution >= 4 is 44.8 Å². The van der Waals surface area contributed by atoms with Crippen LogP contribution in [0, 0.1) is 0 Å². The van der Waals surface area contributed by atoms with Gasteiger partial charge in [-0.25, -0.2) is 8.42 Å². The molecule has 1 heterocycles. The van der Waals surface area contributed by atoms with Crippen LogP contribution in [0.3, 0.4) is 0 Å². The van der Waals surface area contributed by atoms with Gasteiger partial charge >= 0.3 is 0 Å². The standard InChI is InChI=1S/C14H18Cl2N2O4S/c1-23(20,21)18(12-8-10(15)7-11(16)9-12)5-4-17-14(19)13-3-2-6-22-13/h7-9,13H,2-6H2,1H3,(H,17,19). The van der Waals surface area contributed by atoms with Crippen LogP contribution in [0.15, 0.2) is 18.2 Å². The summed E-state index contributed by atoms with van der Waals surface area (Å²) in [6.45, 7) is 0.818. The van der Waals surface area contributed by atoms with Gasteiger partial charge in [0.1, 0.15) is 6.10 Å². The van der Waals surface area contributed by atoms with Crippen LogP contribution in [0.25, 0.3) is 0 Å². The molecule has 1 aromatic carbocycles. The number of hydrogen-bond donors (Lipinski definition) is 1. The molecule has 23 heavy (non-hydrogen) atoms. The Labute approximate surface area is 145 Å². The molecular formula is C14H18Cl2N2O4S. The predicted molar refractivity (Wildman–Crippen MR) is 90.6 cm³/mol. The second-order valence-electron chi connectivity index (χ2n) is 5.26. The van der Waals surface area contributed by atoms with E-state index >= 15 is 0 Å². The molecule has 1 N–H and O–H groups in total. The Morgan fingerprint density at radius 3 is 2.52 bits per heavy atom. The molecule has 1 saturated heterocycles. The minimum atomic E-state index is -3.53. The zero-order valence-corrected chi connectivity index (χ0v) is 14.9. The molecule has 0 aliphatic carbocycles. The molecule has 128 valence electrons. The van der Waals surface area contributed by atoms with E-state index in [1.54, 1.807) is 0 Å². The first-order valence-electron chi connectivity index (χ1n) is 7.10.